The smallest absolute Gasteiger partial charge is 0.243 e. The van der Waals surface area contributed by atoms with E-state index in [-0.39, 0.29) is 5.91 Å². The fourth-order valence-corrected chi connectivity index (χ4v) is 2.98. The van der Waals surface area contributed by atoms with Gasteiger partial charge in [-0.2, -0.15) is 0 Å². The number of likely N-dealkylation sites (tertiary alicyclic amines) is 1. The molecule has 132 valence electrons. The highest BCUT2D eigenvalue weighted by Gasteiger charge is 2.08. The van der Waals surface area contributed by atoms with Gasteiger partial charge in [-0.1, -0.05) is 25.0 Å². The van der Waals surface area contributed by atoms with Crippen molar-refractivity contribution < 1.29 is 9.53 Å². The Hall–Kier alpha value is -1.81. The van der Waals surface area contributed by atoms with Gasteiger partial charge < -0.3 is 15.0 Å². The molecule has 1 aromatic carbocycles. The summed E-state index contributed by atoms with van der Waals surface area (Å²) in [5, 5.41) is 2.95. The lowest BCUT2D eigenvalue weighted by molar-refractivity contribution is -0.116. The van der Waals surface area contributed by atoms with Crippen LogP contribution < -0.4 is 10.1 Å². The number of methoxy groups -OCH3 is 1. The van der Waals surface area contributed by atoms with Crippen LogP contribution in [0.3, 0.4) is 0 Å². The van der Waals surface area contributed by atoms with E-state index in [2.05, 4.69) is 10.2 Å². The zero-order chi connectivity index (χ0) is 17.0. The molecule has 2 rings (SSSR count). The van der Waals surface area contributed by atoms with E-state index in [0.29, 0.717) is 0 Å². The second kappa shape index (κ2) is 10.9. The van der Waals surface area contributed by atoms with Crippen molar-refractivity contribution in [3.05, 3.63) is 35.9 Å². The van der Waals surface area contributed by atoms with Crippen LogP contribution in [0, 0.1) is 0 Å². The Morgan fingerprint density at radius 3 is 2.58 bits per heavy atom. The van der Waals surface area contributed by atoms with Crippen molar-refractivity contribution in [2.75, 3.05) is 33.3 Å². The van der Waals surface area contributed by atoms with Gasteiger partial charge in [0.25, 0.3) is 0 Å². The molecule has 1 aromatic rings. The van der Waals surface area contributed by atoms with Gasteiger partial charge in [0, 0.05) is 12.6 Å². The molecule has 4 nitrogen and oxygen atoms in total. The van der Waals surface area contributed by atoms with E-state index in [1.807, 2.05) is 30.3 Å². The van der Waals surface area contributed by atoms with E-state index in [0.717, 1.165) is 24.3 Å². The molecule has 1 aliphatic heterocycles. The monoisotopic (exact) mass is 330 g/mol. The summed E-state index contributed by atoms with van der Waals surface area (Å²) < 4.78 is 5.11. The van der Waals surface area contributed by atoms with Crippen LogP contribution >= 0.6 is 0 Å². The molecule has 0 saturated carbocycles. The average molecular weight is 330 g/mol. The first-order valence-corrected chi connectivity index (χ1v) is 9.10. The van der Waals surface area contributed by atoms with Crippen LogP contribution in [0.5, 0.6) is 5.75 Å². The Labute approximate surface area is 145 Å². The first-order valence-electron chi connectivity index (χ1n) is 9.10. The van der Waals surface area contributed by atoms with Gasteiger partial charge in [0.2, 0.25) is 5.91 Å². The molecule has 1 amide bonds. The standard InChI is InChI=1S/C20H30N2O2/c1-24-19-11-8-18(9-12-19)10-13-20(23)21-14-4-2-5-15-22-16-6-3-7-17-22/h8-13H,2-7,14-17H2,1H3,(H,21,23)/b13-10+. The van der Waals surface area contributed by atoms with Gasteiger partial charge in [-0.3, -0.25) is 4.79 Å². The summed E-state index contributed by atoms with van der Waals surface area (Å²) in [6.45, 7) is 4.51. The highest BCUT2D eigenvalue weighted by Crippen LogP contribution is 2.12. The van der Waals surface area contributed by atoms with E-state index >= 15 is 0 Å². The van der Waals surface area contributed by atoms with Gasteiger partial charge in [0.15, 0.2) is 0 Å². The topological polar surface area (TPSA) is 41.6 Å². The number of hydrogen-bond acceptors (Lipinski definition) is 3. The summed E-state index contributed by atoms with van der Waals surface area (Å²) in [7, 11) is 1.64. The van der Waals surface area contributed by atoms with Crippen LogP contribution in [0.1, 0.15) is 44.1 Å². The van der Waals surface area contributed by atoms with Crippen molar-refractivity contribution in [2.45, 2.75) is 38.5 Å². The number of nitrogens with zero attached hydrogens (tertiary/aromatic N) is 1. The van der Waals surface area contributed by atoms with Gasteiger partial charge in [-0.05, 0) is 69.1 Å². The number of unbranched alkanes of at least 4 members (excludes halogenated alkanes) is 2. The molecule has 1 N–H and O–H groups in total. The number of hydrogen-bond donors (Lipinski definition) is 1. The maximum absolute atomic E-state index is 11.8. The number of amides is 1. The van der Waals surface area contributed by atoms with Crippen LogP contribution in [0.4, 0.5) is 0 Å². The van der Waals surface area contributed by atoms with E-state index in [9.17, 15) is 4.79 Å². The van der Waals surface area contributed by atoms with E-state index in [4.69, 9.17) is 4.74 Å². The SMILES string of the molecule is COc1ccc(/C=C/C(=O)NCCCCCN2CCCCC2)cc1. The lowest BCUT2D eigenvalue weighted by Gasteiger charge is -2.26. The van der Waals surface area contributed by atoms with Crippen LogP contribution in [-0.4, -0.2) is 44.1 Å². The molecule has 1 saturated heterocycles. The molecule has 0 radical (unpaired) electrons. The lowest BCUT2D eigenvalue weighted by atomic mass is 10.1. The fraction of sp³-hybridized carbons (Fsp3) is 0.550. The van der Waals surface area contributed by atoms with Crippen molar-refractivity contribution >= 4 is 12.0 Å². The molecule has 0 atom stereocenters. The van der Waals surface area contributed by atoms with Gasteiger partial charge in [0.05, 0.1) is 7.11 Å². The Bertz CT molecular complexity index is 505. The third kappa shape index (κ3) is 7.18. The molecular formula is C20H30N2O2. The summed E-state index contributed by atoms with van der Waals surface area (Å²) in [5.41, 5.74) is 0.993. The average Bonchev–Trinajstić information content (AvgIpc) is 2.64. The molecule has 1 heterocycles. The molecule has 0 spiro atoms. The van der Waals surface area contributed by atoms with Gasteiger partial charge in [-0.15, -0.1) is 0 Å². The number of carbonyl (C=O) groups is 1. The van der Waals surface area contributed by atoms with Gasteiger partial charge in [-0.25, -0.2) is 0 Å². The van der Waals surface area contributed by atoms with E-state index < -0.39 is 0 Å². The zero-order valence-electron chi connectivity index (χ0n) is 14.8. The predicted octanol–water partition coefficient (Wildman–Crippen LogP) is 3.48. The first kappa shape index (κ1) is 18.5. The summed E-state index contributed by atoms with van der Waals surface area (Å²) in [5.74, 6) is 0.794. The first-order chi connectivity index (χ1) is 11.8. The Morgan fingerprint density at radius 2 is 1.88 bits per heavy atom. The molecule has 0 aliphatic carbocycles. The quantitative estimate of drug-likeness (QED) is 0.557. The highest BCUT2D eigenvalue weighted by atomic mass is 16.5. The van der Waals surface area contributed by atoms with Crippen LogP contribution in [-0.2, 0) is 4.79 Å². The third-order valence-corrected chi connectivity index (χ3v) is 4.44. The fourth-order valence-electron chi connectivity index (χ4n) is 2.98. The minimum Gasteiger partial charge on any atom is -0.497 e. The molecule has 0 unspecified atom stereocenters. The maximum Gasteiger partial charge on any atom is 0.243 e. The highest BCUT2D eigenvalue weighted by molar-refractivity contribution is 5.91. The van der Waals surface area contributed by atoms with Gasteiger partial charge in [0.1, 0.15) is 5.75 Å². The minimum absolute atomic E-state index is 0.0261. The molecule has 1 fully saturated rings. The lowest BCUT2D eigenvalue weighted by Crippen LogP contribution is -2.30. The number of piperidine rings is 1. The number of rotatable bonds is 9. The summed E-state index contributed by atoms with van der Waals surface area (Å²) in [4.78, 5) is 14.4. The number of carbonyl (C=O) groups excluding carboxylic acids is 1. The molecule has 24 heavy (non-hydrogen) atoms. The molecule has 1 aliphatic rings. The van der Waals surface area contributed by atoms with Crippen LogP contribution in [0.15, 0.2) is 30.3 Å². The second-order valence-corrected chi connectivity index (χ2v) is 6.36. The Kier molecular flexibility index (Phi) is 8.39. The van der Waals surface area contributed by atoms with Crippen molar-refractivity contribution in [1.82, 2.24) is 10.2 Å². The second-order valence-electron chi connectivity index (χ2n) is 6.36. The largest absolute Gasteiger partial charge is 0.497 e. The normalized spacial score (nSPS) is 15.5. The van der Waals surface area contributed by atoms with Crippen molar-refractivity contribution in [1.29, 1.82) is 0 Å². The molecule has 4 heteroatoms. The van der Waals surface area contributed by atoms with E-state index in [1.165, 1.54) is 51.7 Å². The Balaban J connectivity index is 1.53. The number of benzene rings is 1. The van der Waals surface area contributed by atoms with Gasteiger partial charge >= 0.3 is 0 Å². The zero-order valence-corrected chi connectivity index (χ0v) is 14.8. The van der Waals surface area contributed by atoms with Crippen LogP contribution in [0.2, 0.25) is 0 Å². The molecule has 0 aromatic heterocycles. The Morgan fingerprint density at radius 1 is 1.12 bits per heavy atom. The maximum atomic E-state index is 11.8. The van der Waals surface area contributed by atoms with Crippen molar-refractivity contribution in [2.24, 2.45) is 0 Å². The summed E-state index contributed by atoms with van der Waals surface area (Å²) >= 11 is 0. The third-order valence-electron chi connectivity index (χ3n) is 4.44. The number of ether oxygens (including phenoxy) is 1. The minimum atomic E-state index is -0.0261. The van der Waals surface area contributed by atoms with Crippen molar-refractivity contribution in [3.8, 4) is 5.75 Å². The number of nitrogens with one attached hydrogen (secondary N) is 1. The van der Waals surface area contributed by atoms with Crippen LogP contribution in [0.25, 0.3) is 6.08 Å². The molecule has 0 bridgehead atoms. The summed E-state index contributed by atoms with van der Waals surface area (Å²) in [6, 6.07) is 7.65. The van der Waals surface area contributed by atoms with E-state index in [1.54, 1.807) is 13.2 Å². The summed E-state index contributed by atoms with van der Waals surface area (Å²) in [6.07, 6.45) is 11.0. The predicted molar refractivity (Wildman–Crippen MR) is 99.2 cm³/mol. The van der Waals surface area contributed by atoms with Crippen molar-refractivity contribution in [3.63, 3.8) is 0 Å². The molecular weight excluding hydrogens is 300 g/mol.